The normalized spacial score (nSPS) is 13.4. The summed E-state index contributed by atoms with van der Waals surface area (Å²) in [6, 6.07) is 10.4. The van der Waals surface area contributed by atoms with Crippen LogP contribution in [0.25, 0.3) is 10.9 Å². The van der Waals surface area contributed by atoms with Gasteiger partial charge in [0.1, 0.15) is 0 Å². The second kappa shape index (κ2) is 9.43. The minimum Gasteiger partial charge on any atom is -0.452 e. The third-order valence-electron chi connectivity index (χ3n) is 5.24. The molecule has 3 aromatic rings. The number of esters is 1. The third-order valence-corrected chi connectivity index (χ3v) is 6.28. The Morgan fingerprint density at radius 1 is 0.968 bits per heavy atom. The number of aryl methyl sites for hydroxylation is 1. The Labute approximate surface area is 194 Å². The quantitative estimate of drug-likeness (QED) is 0.273. The number of amides is 1. The van der Waals surface area contributed by atoms with Gasteiger partial charge in [-0.1, -0.05) is 59.4 Å². The van der Waals surface area contributed by atoms with Gasteiger partial charge in [0.2, 0.25) is 0 Å². The fourth-order valence-corrected chi connectivity index (χ4v) is 4.38. The summed E-state index contributed by atoms with van der Waals surface area (Å²) in [5, 5.41) is 4.10. The first-order valence-electron chi connectivity index (χ1n) is 9.96. The molecule has 0 fully saturated rings. The van der Waals surface area contributed by atoms with E-state index in [0.29, 0.717) is 11.3 Å². The molecule has 0 bridgehead atoms. The molecule has 2 aromatic carbocycles. The Morgan fingerprint density at radius 3 is 2.55 bits per heavy atom. The average molecular weight is 478 g/mol. The number of anilines is 1. The molecule has 0 saturated heterocycles. The summed E-state index contributed by atoms with van der Waals surface area (Å²) in [7, 11) is 0. The number of nitrogens with one attached hydrogen (secondary N) is 1. The minimum absolute atomic E-state index is 0.236. The Kier molecular flexibility index (Phi) is 6.65. The zero-order valence-corrected chi connectivity index (χ0v) is 18.8. The fraction of sp³-hybridized carbons (Fsp3) is 0.261. The molecule has 0 unspecified atom stereocenters. The van der Waals surface area contributed by atoms with Crippen LogP contribution in [-0.2, 0) is 22.4 Å². The van der Waals surface area contributed by atoms with Gasteiger partial charge in [0, 0.05) is 11.1 Å². The van der Waals surface area contributed by atoms with Crippen LogP contribution in [0.3, 0.4) is 0 Å². The molecular weight excluding hydrogens is 459 g/mol. The number of benzene rings is 2. The fourth-order valence-electron chi connectivity index (χ4n) is 3.79. The smallest absolute Gasteiger partial charge is 0.339 e. The van der Waals surface area contributed by atoms with Crippen molar-refractivity contribution in [3.63, 3.8) is 0 Å². The van der Waals surface area contributed by atoms with Crippen molar-refractivity contribution in [2.45, 2.75) is 32.1 Å². The lowest BCUT2D eigenvalue weighted by molar-refractivity contribution is -0.119. The molecule has 31 heavy (non-hydrogen) atoms. The molecule has 0 saturated carbocycles. The van der Waals surface area contributed by atoms with Crippen molar-refractivity contribution in [1.82, 2.24) is 4.98 Å². The summed E-state index contributed by atoms with van der Waals surface area (Å²) in [5.74, 6) is -1.06. The van der Waals surface area contributed by atoms with Crippen molar-refractivity contribution < 1.29 is 14.3 Å². The molecule has 8 heteroatoms. The predicted octanol–water partition coefficient (Wildman–Crippen LogP) is 6.26. The zero-order chi connectivity index (χ0) is 22.0. The Bertz CT molecular complexity index is 1180. The molecule has 1 aliphatic carbocycles. The number of hydrogen-bond acceptors (Lipinski definition) is 4. The molecule has 1 heterocycles. The van der Waals surface area contributed by atoms with E-state index in [4.69, 9.17) is 44.5 Å². The van der Waals surface area contributed by atoms with Crippen molar-refractivity contribution >= 4 is 63.3 Å². The van der Waals surface area contributed by atoms with Gasteiger partial charge in [-0.25, -0.2) is 4.79 Å². The van der Waals surface area contributed by atoms with Crippen molar-refractivity contribution in [3.05, 3.63) is 68.3 Å². The number of hydrogen-bond donors (Lipinski definition) is 1. The Balaban J connectivity index is 1.56. The van der Waals surface area contributed by atoms with E-state index in [9.17, 15) is 9.59 Å². The van der Waals surface area contributed by atoms with Crippen molar-refractivity contribution in [2.24, 2.45) is 0 Å². The van der Waals surface area contributed by atoms with E-state index in [1.54, 1.807) is 0 Å². The monoisotopic (exact) mass is 476 g/mol. The number of pyridine rings is 1. The molecule has 0 aliphatic heterocycles. The number of fused-ring (bicyclic) bond motifs is 2. The number of aromatic nitrogens is 1. The largest absolute Gasteiger partial charge is 0.452 e. The summed E-state index contributed by atoms with van der Waals surface area (Å²) in [5.41, 5.74) is 3.41. The van der Waals surface area contributed by atoms with Gasteiger partial charge in [-0.05, 0) is 49.4 Å². The van der Waals surface area contributed by atoms with Gasteiger partial charge >= 0.3 is 5.97 Å². The molecular formula is C23H19Cl3N2O3. The van der Waals surface area contributed by atoms with Gasteiger partial charge < -0.3 is 10.1 Å². The maximum absolute atomic E-state index is 13.1. The van der Waals surface area contributed by atoms with Crippen molar-refractivity contribution in [3.8, 4) is 0 Å². The van der Waals surface area contributed by atoms with Gasteiger partial charge in [0.15, 0.2) is 6.61 Å². The molecule has 4 rings (SSSR count). The number of ether oxygens (including phenoxy) is 1. The molecule has 5 nitrogen and oxygen atoms in total. The van der Waals surface area contributed by atoms with Crippen LogP contribution in [0, 0.1) is 0 Å². The second-order valence-electron chi connectivity index (χ2n) is 7.36. The summed E-state index contributed by atoms with van der Waals surface area (Å²) in [4.78, 5) is 30.2. The zero-order valence-electron chi connectivity index (χ0n) is 16.5. The standard InChI is InChI=1S/C23H19Cl3N2O3/c24-15-10-17(26)20(11-16(15)25)28-21(29)12-31-23(30)22-13-6-2-1-3-8-18(13)27-19-9-5-4-7-14(19)22/h4-5,7,9-11H,1-3,6,8,12H2,(H,28,29). The van der Waals surface area contributed by atoms with Gasteiger partial charge in [0.25, 0.3) is 5.91 Å². The van der Waals surface area contributed by atoms with Crippen molar-refractivity contribution in [2.75, 3.05) is 11.9 Å². The lowest BCUT2D eigenvalue weighted by atomic mass is 9.97. The van der Waals surface area contributed by atoms with Crippen LogP contribution in [0.15, 0.2) is 36.4 Å². The number of rotatable bonds is 4. The van der Waals surface area contributed by atoms with E-state index >= 15 is 0 Å². The van der Waals surface area contributed by atoms with E-state index in [1.165, 1.54) is 12.1 Å². The molecule has 160 valence electrons. The first kappa shape index (κ1) is 21.9. The highest BCUT2D eigenvalue weighted by molar-refractivity contribution is 6.44. The number of carbonyl (C=O) groups excluding carboxylic acids is 2. The third kappa shape index (κ3) is 4.79. The van der Waals surface area contributed by atoms with Crippen LogP contribution < -0.4 is 5.32 Å². The number of nitrogens with zero attached hydrogens (tertiary/aromatic N) is 1. The summed E-state index contributed by atoms with van der Waals surface area (Å²) < 4.78 is 5.39. The maximum Gasteiger partial charge on any atom is 0.339 e. The van der Waals surface area contributed by atoms with Gasteiger partial charge in [-0.15, -0.1) is 0 Å². The molecule has 0 radical (unpaired) electrons. The highest BCUT2D eigenvalue weighted by Crippen LogP contribution is 2.32. The lowest BCUT2D eigenvalue weighted by Crippen LogP contribution is -2.22. The van der Waals surface area contributed by atoms with Gasteiger partial charge in [-0.3, -0.25) is 9.78 Å². The molecule has 1 amide bonds. The van der Waals surface area contributed by atoms with Crippen molar-refractivity contribution in [1.29, 1.82) is 0 Å². The first-order valence-corrected chi connectivity index (χ1v) is 11.1. The molecule has 0 atom stereocenters. The van der Waals surface area contributed by atoms with Crippen LogP contribution >= 0.6 is 34.8 Å². The van der Waals surface area contributed by atoms with E-state index in [0.717, 1.165) is 54.3 Å². The van der Waals surface area contributed by atoms with E-state index < -0.39 is 18.5 Å². The predicted molar refractivity (Wildman–Crippen MR) is 123 cm³/mol. The van der Waals surface area contributed by atoms with E-state index in [1.807, 2.05) is 24.3 Å². The number of halogens is 3. The maximum atomic E-state index is 13.1. The van der Waals surface area contributed by atoms with Crippen LogP contribution in [0.2, 0.25) is 15.1 Å². The Hall–Kier alpha value is -2.34. The molecule has 1 aromatic heterocycles. The first-order chi connectivity index (χ1) is 14.9. The molecule has 1 N–H and O–H groups in total. The Morgan fingerprint density at radius 2 is 1.71 bits per heavy atom. The van der Waals surface area contributed by atoms with Crippen LogP contribution in [-0.4, -0.2) is 23.5 Å². The highest BCUT2D eigenvalue weighted by atomic mass is 35.5. The molecule has 0 spiro atoms. The average Bonchev–Trinajstić information content (AvgIpc) is 2.99. The van der Waals surface area contributed by atoms with Crippen LogP contribution in [0.5, 0.6) is 0 Å². The summed E-state index contributed by atoms with van der Waals surface area (Å²) in [6.07, 6.45) is 4.72. The lowest BCUT2D eigenvalue weighted by Gasteiger charge is -2.15. The van der Waals surface area contributed by atoms with Gasteiger partial charge in [0.05, 0.1) is 31.8 Å². The highest BCUT2D eigenvalue weighted by Gasteiger charge is 2.23. The minimum atomic E-state index is -0.535. The van der Waals surface area contributed by atoms with E-state index in [-0.39, 0.29) is 15.1 Å². The molecule has 1 aliphatic rings. The van der Waals surface area contributed by atoms with E-state index in [2.05, 4.69) is 5.32 Å². The van der Waals surface area contributed by atoms with Gasteiger partial charge in [-0.2, -0.15) is 0 Å². The van der Waals surface area contributed by atoms with Crippen LogP contribution in [0.1, 0.15) is 40.9 Å². The second-order valence-corrected chi connectivity index (χ2v) is 8.58. The SMILES string of the molecule is O=C(COC(=O)c1c2c(nc3ccccc13)CCCCC2)Nc1cc(Cl)c(Cl)cc1Cl. The summed E-state index contributed by atoms with van der Waals surface area (Å²) >= 11 is 18.0. The summed E-state index contributed by atoms with van der Waals surface area (Å²) in [6.45, 7) is -0.458. The number of para-hydroxylation sites is 1. The topological polar surface area (TPSA) is 68.3 Å². The van der Waals surface area contributed by atoms with Crippen LogP contribution in [0.4, 0.5) is 5.69 Å². The number of carbonyl (C=O) groups is 2.